The summed E-state index contributed by atoms with van der Waals surface area (Å²) in [5, 5.41) is 9.87. The highest BCUT2D eigenvalue weighted by Gasteiger charge is 2.26. The molecule has 0 bridgehead atoms. The van der Waals surface area contributed by atoms with Crippen LogP contribution in [0.5, 0.6) is 0 Å². The Morgan fingerprint density at radius 2 is 1.33 bits per heavy atom. The molecule has 0 aliphatic heterocycles. The molecule has 3 heteroatoms. The smallest absolute Gasteiger partial charge is 0.141 e. The first-order chi connectivity index (χ1) is 12.7. The first-order valence-electron chi connectivity index (χ1n) is 8.84. The van der Waals surface area contributed by atoms with Crippen molar-refractivity contribution in [2.24, 2.45) is 5.41 Å². The van der Waals surface area contributed by atoms with Gasteiger partial charge in [-0.2, -0.15) is 0 Å². The van der Waals surface area contributed by atoms with Crippen LogP contribution < -0.4 is 5.32 Å². The molecular weight excluding hydrogens is 334 g/mol. The van der Waals surface area contributed by atoms with Gasteiger partial charge in [0.25, 0.3) is 0 Å². The number of ketones is 1. The summed E-state index contributed by atoms with van der Waals surface area (Å²) in [4.78, 5) is 11.0. The van der Waals surface area contributed by atoms with E-state index in [-0.39, 0.29) is 5.78 Å². The molecule has 0 fully saturated rings. The number of hydrogen-bond donors (Lipinski definition) is 2. The molecule has 27 heavy (non-hydrogen) atoms. The lowest BCUT2D eigenvalue weighted by Gasteiger charge is -2.23. The molecule has 2 aromatic rings. The Balaban J connectivity index is 0.000000495. The van der Waals surface area contributed by atoms with Crippen LogP contribution in [-0.2, 0) is 4.79 Å². The minimum absolute atomic E-state index is 0.131. The number of aliphatic hydroxyl groups excluding tert-OH is 1. The summed E-state index contributed by atoms with van der Waals surface area (Å²) in [6.45, 7) is 15.0. The fourth-order valence-electron chi connectivity index (χ4n) is 2.10. The molecule has 0 radical (unpaired) electrons. The third-order valence-electron chi connectivity index (χ3n) is 4.42. The first kappa shape index (κ1) is 24.4. The minimum Gasteiger partial charge on any atom is -0.400 e. The van der Waals surface area contributed by atoms with E-state index in [1.165, 1.54) is 16.7 Å². The second-order valence-corrected chi connectivity index (χ2v) is 6.63. The highest BCUT2D eigenvalue weighted by Crippen LogP contribution is 2.23. The lowest BCUT2D eigenvalue weighted by atomic mass is 9.86. The average Bonchev–Trinajstić information content (AvgIpc) is 2.70. The van der Waals surface area contributed by atoms with Crippen LogP contribution in [0.4, 0.5) is 0 Å². The van der Waals surface area contributed by atoms with Gasteiger partial charge >= 0.3 is 0 Å². The Labute approximate surface area is 164 Å². The van der Waals surface area contributed by atoms with E-state index in [0.29, 0.717) is 0 Å². The maximum atomic E-state index is 11.0. The van der Waals surface area contributed by atoms with Crippen molar-refractivity contribution in [2.45, 2.75) is 27.7 Å². The van der Waals surface area contributed by atoms with E-state index in [2.05, 4.69) is 67.0 Å². The zero-order valence-electron chi connectivity index (χ0n) is 17.5. The van der Waals surface area contributed by atoms with Crippen molar-refractivity contribution < 1.29 is 9.90 Å². The van der Waals surface area contributed by atoms with Crippen molar-refractivity contribution in [3.05, 3.63) is 79.0 Å². The second-order valence-electron chi connectivity index (χ2n) is 6.63. The van der Waals surface area contributed by atoms with E-state index in [1.54, 1.807) is 14.0 Å². The van der Waals surface area contributed by atoms with Gasteiger partial charge in [0.15, 0.2) is 0 Å². The van der Waals surface area contributed by atoms with Crippen LogP contribution >= 0.6 is 0 Å². The topological polar surface area (TPSA) is 49.3 Å². The Morgan fingerprint density at radius 1 is 0.889 bits per heavy atom. The number of allylic oxidation sites excluding steroid dienone is 2. The largest absolute Gasteiger partial charge is 0.400 e. The Kier molecular flexibility index (Phi) is 10.7. The Hall–Kier alpha value is -2.65. The molecule has 0 amide bonds. The quantitative estimate of drug-likeness (QED) is 0.751. The average molecular weight is 368 g/mol. The molecule has 0 aromatic heterocycles. The van der Waals surface area contributed by atoms with Gasteiger partial charge in [-0.1, -0.05) is 73.3 Å². The van der Waals surface area contributed by atoms with E-state index in [4.69, 9.17) is 5.11 Å². The molecule has 146 valence electrons. The van der Waals surface area contributed by atoms with Gasteiger partial charge in [0, 0.05) is 19.9 Å². The van der Waals surface area contributed by atoms with Gasteiger partial charge in [-0.05, 0) is 44.4 Å². The molecule has 0 atom stereocenters. The van der Waals surface area contributed by atoms with Crippen LogP contribution in [0, 0.1) is 5.41 Å². The van der Waals surface area contributed by atoms with Crippen molar-refractivity contribution in [3.8, 4) is 11.1 Å². The van der Waals surface area contributed by atoms with Crippen molar-refractivity contribution in [3.63, 3.8) is 0 Å². The number of benzene rings is 2. The van der Waals surface area contributed by atoms with E-state index >= 15 is 0 Å². The first-order valence-corrected chi connectivity index (χ1v) is 8.84. The zero-order chi connectivity index (χ0) is 21.0. The Bertz CT molecular complexity index is 729. The van der Waals surface area contributed by atoms with Crippen molar-refractivity contribution in [1.29, 1.82) is 0 Å². The van der Waals surface area contributed by atoms with Gasteiger partial charge in [-0.25, -0.2) is 0 Å². The predicted octanol–water partition coefficient (Wildman–Crippen LogP) is 5.33. The van der Waals surface area contributed by atoms with Crippen LogP contribution in [-0.4, -0.2) is 25.0 Å². The van der Waals surface area contributed by atoms with Crippen LogP contribution in [0.15, 0.2) is 73.5 Å². The molecular formula is C24H33NO2. The third-order valence-corrected chi connectivity index (χ3v) is 4.42. The van der Waals surface area contributed by atoms with Crippen LogP contribution in [0.25, 0.3) is 16.7 Å². The lowest BCUT2D eigenvalue weighted by molar-refractivity contribution is -0.123. The van der Waals surface area contributed by atoms with Gasteiger partial charge in [0.05, 0.1) is 5.41 Å². The molecule has 0 unspecified atom stereocenters. The number of Topliss-reactive ketones (excluding diaryl/α,β-unsaturated/α-hetero) is 1. The van der Waals surface area contributed by atoms with Gasteiger partial charge < -0.3 is 10.4 Å². The van der Waals surface area contributed by atoms with Crippen molar-refractivity contribution in [1.82, 2.24) is 5.32 Å². The summed E-state index contributed by atoms with van der Waals surface area (Å²) >= 11 is 0. The molecule has 0 aliphatic rings. The number of carbonyl (C=O) groups excluding carboxylic acids is 1. The van der Waals surface area contributed by atoms with E-state index in [9.17, 15) is 4.79 Å². The van der Waals surface area contributed by atoms with Gasteiger partial charge in [-0.3, -0.25) is 4.79 Å². The summed E-state index contributed by atoms with van der Waals surface area (Å²) < 4.78 is 0. The molecule has 0 spiro atoms. The summed E-state index contributed by atoms with van der Waals surface area (Å²) in [6.07, 6.45) is 0. The minimum atomic E-state index is -0.436. The standard InChI is InChI=1S/C15H14.C8H15NO.CH4O/c1-12(2)13-8-10-15(11-9-13)14-6-4-3-5-7-14;1-6(9-5)8(3,4)7(2)10;1-2/h3-11H,1H2,2H3;9H,1H2,2-5H3;2H,1H3. The van der Waals surface area contributed by atoms with Gasteiger partial charge in [-0.15, -0.1) is 0 Å². The highest BCUT2D eigenvalue weighted by atomic mass is 16.2. The summed E-state index contributed by atoms with van der Waals surface area (Å²) in [6, 6.07) is 18.9. The molecule has 2 N–H and O–H groups in total. The van der Waals surface area contributed by atoms with Crippen LogP contribution in [0.3, 0.4) is 0 Å². The highest BCUT2D eigenvalue weighted by molar-refractivity contribution is 5.84. The number of rotatable bonds is 5. The zero-order valence-corrected chi connectivity index (χ0v) is 17.5. The molecule has 0 heterocycles. The normalized spacial score (nSPS) is 9.74. The van der Waals surface area contributed by atoms with Crippen LogP contribution in [0.1, 0.15) is 33.3 Å². The second kappa shape index (κ2) is 11.9. The monoisotopic (exact) mass is 367 g/mol. The van der Waals surface area contributed by atoms with Gasteiger partial charge in [0.1, 0.15) is 5.78 Å². The maximum Gasteiger partial charge on any atom is 0.141 e. The molecule has 2 aromatic carbocycles. The molecule has 0 saturated carbocycles. The molecule has 2 rings (SSSR count). The summed E-state index contributed by atoms with van der Waals surface area (Å²) in [5.74, 6) is 0.131. The van der Waals surface area contributed by atoms with E-state index in [1.807, 2.05) is 26.8 Å². The molecule has 0 aliphatic carbocycles. The summed E-state index contributed by atoms with van der Waals surface area (Å²) in [7, 11) is 2.77. The number of nitrogens with one attached hydrogen (secondary N) is 1. The predicted molar refractivity (Wildman–Crippen MR) is 117 cm³/mol. The SMILES string of the molecule is C=C(C)c1ccc(-c2ccccc2)cc1.C=C(NC)C(C)(C)C(C)=O.CO. The number of aliphatic hydroxyl groups is 1. The van der Waals surface area contributed by atoms with E-state index in [0.717, 1.165) is 18.4 Å². The van der Waals surface area contributed by atoms with Gasteiger partial charge in [0.2, 0.25) is 0 Å². The number of carbonyl (C=O) groups is 1. The van der Waals surface area contributed by atoms with Crippen molar-refractivity contribution >= 4 is 11.4 Å². The van der Waals surface area contributed by atoms with Crippen LogP contribution in [0.2, 0.25) is 0 Å². The fraction of sp³-hybridized carbons (Fsp3) is 0.292. The van der Waals surface area contributed by atoms with E-state index < -0.39 is 5.41 Å². The fourth-order valence-corrected chi connectivity index (χ4v) is 2.10. The molecule has 0 saturated heterocycles. The molecule has 3 nitrogen and oxygen atoms in total. The number of hydrogen-bond acceptors (Lipinski definition) is 3. The maximum absolute atomic E-state index is 11.0. The van der Waals surface area contributed by atoms with Crippen molar-refractivity contribution in [2.75, 3.05) is 14.2 Å². The Morgan fingerprint density at radius 3 is 1.67 bits per heavy atom. The summed E-state index contributed by atoms with van der Waals surface area (Å²) in [5.41, 5.74) is 5.14. The third kappa shape index (κ3) is 7.63. The lowest BCUT2D eigenvalue weighted by Crippen LogP contribution is -2.29.